The van der Waals surface area contributed by atoms with E-state index < -0.39 is 0 Å². The van der Waals surface area contributed by atoms with Gasteiger partial charge in [-0.2, -0.15) is 0 Å². The SMILES string of the molecule is O=C(NC1CCCN(c2cc(C3CCC3)ncn2)C1)C1CC1. The number of hydrogen-bond acceptors (Lipinski definition) is 4. The Hall–Kier alpha value is -1.65. The summed E-state index contributed by atoms with van der Waals surface area (Å²) in [4.78, 5) is 23.2. The minimum Gasteiger partial charge on any atom is -0.354 e. The van der Waals surface area contributed by atoms with Gasteiger partial charge in [0.1, 0.15) is 12.1 Å². The Bertz CT molecular complexity index is 553. The molecule has 1 aromatic heterocycles. The van der Waals surface area contributed by atoms with Gasteiger partial charge in [0, 0.05) is 42.7 Å². The molecule has 4 rings (SSSR count). The average Bonchev–Trinajstić information content (AvgIpc) is 3.31. The number of carbonyl (C=O) groups is 1. The molecule has 1 aliphatic heterocycles. The molecule has 118 valence electrons. The van der Waals surface area contributed by atoms with E-state index in [9.17, 15) is 4.79 Å². The Morgan fingerprint density at radius 2 is 2.00 bits per heavy atom. The van der Waals surface area contributed by atoms with E-state index in [4.69, 9.17) is 0 Å². The second-order valence-corrected chi connectivity index (χ2v) is 7.00. The van der Waals surface area contributed by atoms with Gasteiger partial charge in [0.25, 0.3) is 0 Å². The van der Waals surface area contributed by atoms with Crippen molar-refractivity contribution in [3.63, 3.8) is 0 Å². The van der Waals surface area contributed by atoms with Crippen molar-refractivity contribution in [1.82, 2.24) is 15.3 Å². The lowest BCUT2D eigenvalue weighted by Gasteiger charge is -2.34. The molecule has 5 heteroatoms. The summed E-state index contributed by atoms with van der Waals surface area (Å²) in [6, 6.07) is 2.43. The molecule has 2 heterocycles. The molecule has 1 unspecified atom stereocenters. The van der Waals surface area contributed by atoms with Crippen LogP contribution in [0.4, 0.5) is 5.82 Å². The molecule has 0 radical (unpaired) electrons. The summed E-state index contributed by atoms with van der Waals surface area (Å²) in [5.41, 5.74) is 1.19. The van der Waals surface area contributed by atoms with Gasteiger partial charge in [0.15, 0.2) is 0 Å². The van der Waals surface area contributed by atoms with E-state index in [0.29, 0.717) is 11.8 Å². The fraction of sp³-hybridized carbons (Fsp3) is 0.706. The second-order valence-electron chi connectivity index (χ2n) is 7.00. The first-order valence-corrected chi connectivity index (χ1v) is 8.67. The van der Waals surface area contributed by atoms with Crippen LogP contribution < -0.4 is 10.2 Å². The number of piperidine rings is 1. The fourth-order valence-corrected chi connectivity index (χ4v) is 3.43. The summed E-state index contributed by atoms with van der Waals surface area (Å²) in [5, 5.41) is 3.22. The maximum absolute atomic E-state index is 12.0. The summed E-state index contributed by atoms with van der Waals surface area (Å²) < 4.78 is 0. The van der Waals surface area contributed by atoms with Crippen molar-refractivity contribution in [2.24, 2.45) is 5.92 Å². The zero-order valence-electron chi connectivity index (χ0n) is 13.0. The molecule has 3 fully saturated rings. The van der Waals surface area contributed by atoms with Gasteiger partial charge < -0.3 is 10.2 Å². The Labute approximate surface area is 131 Å². The standard InChI is InChI=1S/C17H24N4O/c22-17(13-6-7-13)20-14-5-2-8-21(10-14)16-9-15(18-11-19-16)12-3-1-4-12/h9,11-14H,1-8,10H2,(H,20,22). The van der Waals surface area contributed by atoms with E-state index in [2.05, 4.69) is 26.3 Å². The van der Waals surface area contributed by atoms with Crippen molar-refractivity contribution in [1.29, 1.82) is 0 Å². The molecule has 5 nitrogen and oxygen atoms in total. The van der Waals surface area contributed by atoms with Gasteiger partial charge in [0.05, 0.1) is 0 Å². The zero-order chi connectivity index (χ0) is 14.9. The van der Waals surface area contributed by atoms with Crippen LogP contribution in [0.5, 0.6) is 0 Å². The van der Waals surface area contributed by atoms with Gasteiger partial charge >= 0.3 is 0 Å². The predicted molar refractivity (Wildman–Crippen MR) is 84.7 cm³/mol. The van der Waals surface area contributed by atoms with Crippen molar-refractivity contribution in [3.8, 4) is 0 Å². The maximum atomic E-state index is 12.0. The third-order valence-electron chi connectivity index (χ3n) is 5.24. The minimum absolute atomic E-state index is 0.254. The number of anilines is 1. The van der Waals surface area contributed by atoms with E-state index in [-0.39, 0.29) is 11.9 Å². The zero-order valence-corrected chi connectivity index (χ0v) is 13.0. The highest BCUT2D eigenvalue weighted by Crippen LogP contribution is 2.36. The lowest BCUT2D eigenvalue weighted by atomic mass is 9.83. The summed E-state index contributed by atoms with van der Waals surface area (Å²) in [5.74, 6) is 2.21. The van der Waals surface area contributed by atoms with Crippen molar-refractivity contribution in [2.45, 2.75) is 56.9 Å². The van der Waals surface area contributed by atoms with Crippen LogP contribution in [0.1, 0.15) is 56.6 Å². The molecular weight excluding hydrogens is 276 g/mol. The van der Waals surface area contributed by atoms with Crippen LogP contribution in [-0.4, -0.2) is 35.0 Å². The van der Waals surface area contributed by atoms with Gasteiger partial charge in [-0.3, -0.25) is 4.79 Å². The number of aromatic nitrogens is 2. The summed E-state index contributed by atoms with van der Waals surface area (Å²) in [6.45, 7) is 1.90. The number of rotatable bonds is 4. The highest BCUT2D eigenvalue weighted by atomic mass is 16.2. The van der Waals surface area contributed by atoms with Gasteiger partial charge in [-0.25, -0.2) is 9.97 Å². The smallest absolute Gasteiger partial charge is 0.223 e. The third kappa shape index (κ3) is 2.94. The van der Waals surface area contributed by atoms with Crippen LogP contribution in [0.15, 0.2) is 12.4 Å². The van der Waals surface area contributed by atoms with E-state index in [1.54, 1.807) is 6.33 Å². The summed E-state index contributed by atoms with van der Waals surface area (Å²) >= 11 is 0. The Morgan fingerprint density at radius 3 is 2.73 bits per heavy atom. The van der Waals surface area contributed by atoms with E-state index in [1.165, 1.54) is 25.0 Å². The van der Waals surface area contributed by atoms with Gasteiger partial charge in [-0.1, -0.05) is 6.42 Å². The number of carbonyl (C=O) groups excluding carboxylic acids is 1. The summed E-state index contributed by atoms with van der Waals surface area (Å²) in [6.07, 6.45) is 9.87. The molecule has 1 amide bonds. The third-order valence-corrected chi connectivity index (χ3v) is 5.24. The van der Waals surface area contributed by atoms with Crippen LogP contribution in [-0.2, 0) is 4.79 Å². The Balaban J connectivity index is 1.41. The van der Waals surface area contributed by atoms with Gasteiger partial charge in [-0.05, 0) is 38.5 Å². The number of nitrogens with zero attached hydrogens (tertiary/aromatic N) is 3. The summed E-state index contributed by atoms with van der Waals surface area (Å²) in [7, 11) is 0. The van der Waals surface area contributed by atoms with Crippen LogP contribution in [0.2, 0.25) is 0 Å². The second kappa shape index (κ2) is 5.86. The van der Waals surface area contributed by atoms with Crippen LogP contribution in [0.3, 0.4) is 0 Å². The minimum atomic E-state index is 0.254. The predicted octanol–water partition coefficient (Wildman–Crippen LogP) is 2.24. The fourth-order valence-electron chi connectivity index (χ4n) is 3.43. The van der Waals surface area contributed by atoms with Crippen LogP contribution >= 0.6 is 0 Å². The molecule has 0 bridgehead atoms. The lowest BCUT2D eigenvalue weighted by Crippen LogP contribution is -2.48. The normalized spacial score (nSPS) is 25.6. The average molecular weight is 300 g/mol. The molecule has 22 heavy (non-hydrogen) atoms. The Morgan fingerprint density at radius 1 is 1.14 bits per heavy atom. The van der Waals surface area contributed by atoms with E-state index >= 15 is 0 Å². The van der Waals surface area contributed by atoms with Crippen molar-refractivity contribution in [3.05, 3.63) is 18.1 Å². The highest BCUT2D eigenvalue weighted by Gasteiger charge is 2.32. The number of nitrogens with one attached hydrogen (secondary N) is 1. The first-order chi connectivity index (χ1) is 10.8. The molecule has 3 aliphatic rings. The van der Waals surface area contributed by atoms with Crippen LogP contribution in [0.25, 0.3) is 0 Å². The van der Waals surface area contributed by atoms with Gasteiger partial charge in [0.2, 0.25) is 5.91 Å². The molecule has 1 N–H and O–H groups in total. The van der Waals surface area contributed by atoms with Crippen molar-refractivity contribution >= 4 is 11.7 Å². The number of amides is 1. The molecule has 0 spiro atoms. The monoisotopic (exact) mass is 300 g/mol. The van der Waals surface area contributed by atoms with Crippen LogP contribution in [0, 0.1) is 5.92 Å². The molecule has 1 atom stereocenters. The first-order valence-electron chi connectivity index (χ1n) is 8.67. The largest absolute Gasteiger partial charge is 0.354 e. The molecule has 1 aromatic rings. The van der Waals surface area contributed by atoms with Crippen molar-refractivity contribution < 1.29 is 4.79 Å². The number of hydrogen-bond donors (Lipinski definition) is 1. The molecule has 2 saturated carbocycles. The Kier molecular flexibility index (Phi) is 3.72. The molecular formula is C17H24N4O. The van der Waals surface area contributed by atoms with E-state index in [1.807, 2.05) is 0 Å². The van der Waals surface area contributed by atoms with Gasteiger partial charge in [-0.15, -0.1) is 0 Å². The quantitative estimate of drug-likeness (QED) is 0.926. The lowest BCUT2D eigenvalue weighted by molar-refractivity contribution is -0.123. The molecule has 1 saturated heterocycles. The molecule has 0 aromatic carbocycles. The first kappa shape index (κ1) is 14.0. The van der Waals surface area contributed by atoms with Crippen molar-refractivity contribution in [2.75, 3.05) is 18.0 Å². The topological polar surface area (TPSA) is 58.1 Å². The van der Waals surface area contributed by atoms with E-state index in [0.717, 1.165) is 44.6 Å². The molecule has 2 aliphatic carbocycles. The highest BCUT2D eigenvalue weighted by molar-refractivity contribution is 5.81. The maximum Gasteiger partial charge on any atom is 0.223 e.